The van der Waals surface area contributed by atoms with E-state index in [0.717, 1.165) is 30.7 Å². The van der Waals surface area contributed by atoms with Crippen molar-refractivity contribution in [2.24, 2.45) is 0 Å². The molecule has 3 nitrogen and oxygen atoms in total. The second-order valence-corrected chi connectivity index (χ2v) is 6.88. The average molecular weight is 321 g/mol. The summed E-state index contributed by atoms with van der Waals surface area (Å²) in [6.45, 7) is 6.30. The highest BCUT2D eigenvalue weighted by atomic mass is 15.1. The highest BCUT2D eigenvalue weighted by Crippen LogP contribution is 2.31. The van der Waals surface area contributed by atoms with Gasteiger partial charge >= 0.3 is 0 Å². The minimum atomic E-state index is -1.46. The van der Waals surface area contributed by atoms with Crippen molar-refractivity contribution in [1.29, 1.82) is 0 Å². The van der Waals surface area contributed by atoms with Crippen LogP contribution in [0, 0.1) is 13.8 Å². The fourth-order valence-electron chi connectivity index (χ4n) is 3.62. The third-order valence-corrected chi connectivity index (χ3v) is 4.95. The van der Waals surface area contributed by atoms with E-state index < -0.39 is 6.37 Å². The molecule has 0 spiro atoms. The van der Waals surface area contributed by atoms with E-state index in [4.69, 9.17) is 2.74 Å². The molecule has 124 valence electrons. The third-order valence-electron chi connectivity index (χ3n) is 4.95. The van der Waals surface area contributed by atoms with Crippen LogP contribution in [0.25, 0.3) is 10.9 Å². The van der Waals surface area contributed by atoms with Crippen LogP contribution in [0.2, 0.25) is 0 Å². The summed E-state index contributed by atoms with van der Waals surface area (Å²) in [6, 6.07) is 10.3. The zero-order valence-corrected chi connectivity index (χ0v) is 14.6. The Labute approximate surface area is 146 Å². The molecule has 0 saturated carbocycles. The van der Waals surface area contributed by atoms with Crippen LogP contribution in [0.3, 0.4) is 0 Å². The van der Waals surface area contributed by atoms with Gasteiger partial charge in [-0.1, -0.05) is 17.7 Å². The van der Waals surface area contributed by atoms with Crippen molar-refractivity contribution in [3.63, 3.8) is 0 Å². The molecule has 1 aliphatic heterocycles. The predicted octanol–water partition coefficient (Wildman–Crippen LogP) is 3.88. The highest BCUT2D eigenvalue weighted by Gasteiger charge is 2.22. The van der Waals surface area contributed by atoms with E-state index >= 15 is 0 Å². The van der Waals surface area contributed by atoms with Gasteiger partial charge in [0.05, 0.1) is 0 Å². The summed E-state index contributed by atoms with van der Waals surface area (Å²) in [7, 11) is 2.15. The molecule has 0 bridgehead atoms. The largest absolute Gasteiger partial charge is 0.344 e. The van der Waals surface area contributed by atoms with Gasteiger partial charge in [0.2, 0.25) is 0 Å². The predicted molar refractivity (Wildman–Crippen MR) is 99.4 cm³/mol. The van der Waals surface area contributed by atoms with Crippen molar-refractivity contribution < 1.29 is 2.74 Å². The molecule has 3 heteroatoms. The zero-order valence-electron chi connectivity index (χ0n) is 16.6. The Kier molecular flexibility index (Phi) is 3.33. The molecule has 0 saturated heterocycles. The second-order valence-electron chi connectivity index (χ2n) is 6.88. The number of rotatable bonds is 3. The Morgan fingerprint density at radius 2 is 2.08 bits per heavy atom. The first-order valence-electron chi connectivity index (χ1n) is 9.57. The molecule has 3 heterocycles. The van der Waals surface area contributed by atoms with Crippen LogP contribution in [0.15, 0.2) is 36.5 Å². The quantitative estimate of drug-likeness (QED) is 0.730. The van der Waals surface area contributed by atoms with Gasteiger partial charge in [0.15, 0.2) is 0 Å². The van der Waals surface area contributed by atoms with Gasteiger partial charge in [-0.2, -0.15) is 0 Å². The van der Waals surface area contributed by atoms with E-state index in [1.807, 2.05) is 19.1 Å². The van der Waals surface area contributed by atoms with Crippen LogP contribution < -0.4 is 0 Å². The van der Waals surface area contributed by atoms with Gasteiger partial charge < -0.3 is 9.47 Å². The average Bonchev–Trinajstić information content (AvgIpc) is 2.87. The Morgan fingerprint density at radius 1 is 1.21 bits per heavy atom. The minimum Gasteiger partial charge on any atom is -0.344 e. The molecule has 0 N–H and O–H groups in total. The van der Waals surface area contributed by atoms with Crippen molar-refractivity contribution in [2.45, 2.75) is 39.7 Å². The Balaban J connectivity index is 1.82. The van der Waals surface area contributed by atoms with Crippen LogP contribution in [0.1, 0.15) is 30.8 Å². The lowest BCUT2D eigenvalue weighted by Crippen LogP contribution is -2.27. The summed E-state index contributed by atoms with van der Waals surface area (Å²) in [5, 5.41) is 1.27. The molecule has 0 atom stereocenters. The number of fused-ring (bicyclic) bond motifs is 3. The number of aryl methyl sites for hydroxylation is 4. The van der Waals surface area contributed by atoms with E-state index in [0.29, 0.717) is 12.1 Å². The zero-order chi connectivity index (χ0) is 18.5. The maximum Gasteiger partial charge on any atom is 0.0486 e. The van der Waals surface area contributed by atoms with Crippen molar-refractivity contribution in [1.82, 2.24) is 14.5 Å². The first-order valence-corrected chi connectivity index (χ1v) is 8.57. The molecule has 3 aromatic rings. The number of nitrogens with zero attached hydrogens (tertiary/aromatic N) is 3. The van der Waals surface area contributed by atoms with Crippen LogP contribution in [-0.4, -0.2) is 28.0 Å². The second kappa shape index (κ2) is 6.06. The fraction of sp³-hybridized carbons (Fsp3) is 0.381. The summed E-state index contributed by atoms with van der Waals surface area (Å²) in [4.78, 5) is 6.63. The molecule has 1 aromatic carbocycles. The van der Waals surface area contributed by atoms with Crippen LogP contribution in [-0.2, 0) is 25.9 Å². The van der Waals surface area contributed by atoms with Crippen LogP contribution in [0.4, 0.5) is 0 Å². The maximum atomic E-state index is 8.68. The van der Waals surface area contributed by atoms with E-state index in [1.54, 1.807) is 6.20 Å². The molecule has 0 radical (unpaired) electrons. The summed E-state index contributed by atoms with van der Waals surface area (Å²) >= 11 is 0. The molecular formula is C21H25N3. The Hall–Kier alpha value is -2.13. The number of pyridine rings is 1. The Bertz CT molecular complexity index is 958. The lowest BCUT2D eigenvalue weighted by molar-refractivity contribution is 0.309. The summed E-state index contributed by atoms with van der Waals surface area (Å²) in [6.07, 6.45) is 1.17. The van der Waals surface area contributed by atoms with E-state index in [9.17, 15) is 0 Å². The first kappa shape index (κ1) is 13.2. The summed E-state index contributed by atoms with van der Waals surface area (Å²) in [5.41, 5.74) is 6.57. The van der Waals surface area contributed by atoms with Gasteiger partial charge in [-0.25, -0.2) is 0 Å². The molecule has 0 amide bonds. The topological polar surface area (TPSA) is 21.1 Å². The standard InChI is InChI=1S/C21H25N3/c1-15-4-7-20-18(12-15)19-14-23(3)10-9-21(19)24(20)11-8-17-6-5-16(2)22-13-17/h4-7,12-13H,8-11,14H2,1-3H3/i8D2. The summed E-state index contributed by atoms with van der Waals surface area (Å²) in [5.74, 6) is 0. The first-order chi connectivity index (χ1) is 12.3. The van der Waals surface area contributed by atoms with Crippen LogP contribution >= 0.6 is 0 Å². The third kappa shape index (κ3) is 2.73. The Morgan fingerprint density at radius 3 is 2.88 bits per heavy atom. The number of hydrogen-bond donors (Lipinski definition) is 0. The SMILES string of the molecule is [2H]C([2H])(Cn1c2c(c3cc(C)ccc31)CN(C)CC2)c1ccc(C)nc1. The number of aromatic nitrogens is 2. The number of likely N-dealkylation sites (N-methyl/N-ethyl adjacent to an activating group) is 1. The molecule has 2 aromatic heterocycles. The number of hydrogen-bond acceptors (Lipinski definition) is 2. The van der Waals surface area contributed by atoms with Gasteiger partial charge in [-0.05, 0) is 56.6 Å². The molecule has 0 fully saturated rings. The smallest absolute Gasteiger partial charge is 0.0486 e. The van der Waals surface area contributed by atoms with E-state index in [-0.39, 0.29) is 0 Å². The van der Waals surface area contributed by atoms with Crippen molar-refractivity contribution in [3.05, 3.63) is 64.6 Å². The molecule has 0 aliphatic carbocycles. The molecule has 1 aliphatic rings. The van der Waals surface area contributed by atoms with Gasteiger partial charge in [0.25, 0.3) is 0 Å². The summed E-state index contributed by atoms with van der Waals surface area (Å²) < 4.78 is 19.6. The molecule has 4 rings (SSSR count). The van der Waals surface area contributed by atoms with Crippen molar-refractivity contribution >= 4 is 10.9 Å². The van der Waals surface area contributed by atoms with E-state index in [2.05, 4.69) is 46.6 Å². The lowest BCUT2D eigenvalue weighted by Gasteiger charge is -2.24. The van der Waals surface area contributed by atoms with Gasteiger partial charge in [-0.3, -0.25) is 4.98 Å². The highest BCUT2D eigenvalue weighted by molar-refractivity contribution is 5.86. The monoisotopic (exact) mass is 321 g/mol. The molecule has 0 unspecified atom stereocenters. The lowest BCUT2D eigenvalue weighted by atomic mass is 10.0. The normalized spacial score (nSPS) is 16.8. The minimum absolute atomic E-state index is 0.316. The van der Waals surface area contributed by atoms with Gasteiger partial charge in [0, 0.05) is 57.3 Å². The van der Waals surface area contributed by atoms with Crippen molar-refractivity contribution in [3.8, 4) is 0 Å². The number of benzene rings is 1. The van der Waals surface area contributed by atoms with Gasteiger partial charge in [0.1, 0.15) is 0 Å². The molecule has 24 heavy (non-hydrogen) atoms. The van der Waals surface area contributed by atoms with Gasteiger partial charge in [-0.15, -0.1) is 0 Å². The fourth-order valence-corrected chi connectivity index (χ4v) is 3.62. The van der Waals surface area contributed by atoms with Crippen molar-refractivity contribution in [2.75, 3.05) is 13.6 Å². The van der Waals surface area contributed by atoms with E-state index in [1.165, 1.54) is 22.2 Å². The maximum absolute atomic E-state index is 8.68. The molecular weight excluding hydrogens is 294 g/mol. The van der Waals surface area contributed by atoms with Crippen LogP contribution in [0.5, 0.6) is 0 Å².